The van der Waals surface area contributed by atoms with Gasteiger partial charge in [-0.15, -0.1) is 0 Å². The van der Waals surface area contributed by atoms with E-state index in [-0.39, 0.29) is 11.8 Å². The minimum absolute atomic E-state index is 0.123. The third-order valence-electron chi connectivity index (χ3n) is 3.66. The molecule has 0 spiro atoms. The number of carbonyl (C=O) groups is 2. The van der Waals surface area contributed by atoms with Gasteiger partial charge in [-0.2, -0.15) is 5.10 Å². The van der Waals surface area contributed by atoms with Crippen molar-refractivity contribution in [2.75, 3.05) is 18.9 Å². The monoisotopic (exact) mass is 328 g/mol. The second-order valence-electron chi connectivity index (χ2n) is 6.75. The Bertz CT molecular complexity index is 702. The largest absolute Gasteiger partial charge is 0.340 e. The standard InChI is InChI=1S/C18H24N4O2/c1-18(2,3)17(24)20-15-9-6-5-8-14(15)16(23)21(4)12-13-22-11-7-10-19-22/h5-11H,12-13H2,1-4H3,(H,20,24). The molecule has 2 amide bonds. The van der Waals surface area contributed by atoms with Gasteiger partial charge in [-0.25, -0.2) is 0 Å². The van der Waals surface area contributed by atoms with Gasteiger partial charge in [0, 0.05) is 31.4 Å². The van der Waals surface area contributed by atoms with Crippen LogP contribution in [0.4, 0.5) is 5.69 Å². The zero-order valence-electron chi connectivity index (χ0n) is 14.6. The Morgan fingerprint density at radius 3 is 2.54 bits per heavy atom. The molecule has 24 heavy (non-hydrogen) atoms. The molecule has 1 aromatic heterocycles. The number of hydrogen-bond acceptors (Lipinski definition) is 3. The molecule has 0 aliphatic rings. The van der Waals surface area contributed by atoms with Gasteiger partial charge in [-0.3, -0.25) is 14.3 Å². The van der Waals surface area contributed by atoms with Crippen LogP contribution in [0.25, 0.3) is 0 Å². The predicted molar refractivity (Wildman–Crippen MR) is 93.7 cm³/mol. The Morgan fingerprint density at radius 1 is 1.21 bits per heavy atom. The van der Waals surface area contributed by atoms with E-state index in [0.717, 1.165) is 0 Å². The van der Waals surface area contributed by atoms with E-state index in [2.05, 4.69) is 10.4 Å². The van der Waals surface area contributed by atoms with Crippen LogP contribution in [-0.4, -0.2) is 40.1 Å². The van der Waals surface area contributed by atoms with Crippen LogP contribution < -0.4 is 5.32 Å². The van der Waals surface area contributed by atoms with Crippen molar-refractivity contribution in [1.82, 2.24) is 14.7 Å². The number of aromatic nitrogens is 2. The zero-order valence-corrected chi connectivity index (χ0v) is 14.6. The average molecular weight is 328 g/mol. The van der Waals surface area contributed by atoms with Crippen LogP contribution in [0.3, 0.4) is 0 Å². The van der Waals surface area contributed by atoms with Crippen molar-refractivity contribution in [2.24, 2.45) is 5.41 Å². The lowest BCUT2D eigenvalue weighted by molar-refractivity contribution is -0.123. The topological polar surface area (TPSA) is 67.2 Å². The molecule has 0 aliphatic carbocycles. The van der Waals surface area contributed by atoms with Gasteiger partial charge in [0.2, 0.25) is 5.91 Å². The number of amides is 2. The first-order chi connectivity index (χ1) is 11.3. The normalized spacial score (nSPS) is 11.2. The Labute approximate surface area is 142 Å². The van der Waals surface area contributed by atoms with Crippen molar-refractivity contribution >= 4 is 17.5 Å². The van der Waals surface area contributed by atoms with Crippen LogP contribution in [0.5, 0.6) is 0 Å². The van der Waals surface area contributed by atoms with Gasteiger partial charge < -0.3 is 10.2 Å². The second-order valence-corrected chi connectivity index (χ2v) is 6.75. The van der Waals surface area contributed by atoms with Gasteiger partial charge in [-0.1, -0.05) is 32.9 Å². The fourth-order valence-corrected chi connectivity index (χ4v) is 2.08. The van der Waals surface area contributed by atoms with Crippen LogP contribution in [0.2, 0.25) is 0 Å². The summed E-state index contributed by atoms with van der Waals surface area (Å²) < 4.78 is 1.77. The van der Waals surface area contributed by atoms with E-state index >= 15 is 0 Å². The molecule has 0 saturated heterocycles. The fraction of sp³-hybridized carbons (Fsp3) is 0.389. The maximum Gasteiger partial charge on any atom is 0.255 e. The summed E-state index contributed by atoms with van der Waals surface area (Å²) in [6, 6.07) is 8.92. The first-order valence-corrected chi connectivity index (χ1v) is 7.92. The Balaban J connectivity index is 2.09. The highest BCUT2D eigenvalue weighted by Gasteiger charge is 2.23. The lowest BCUT2D eigenvalue weighted by Crippen LogP contribution is -2.32. The van der Waals surface area contributed by atoms with Crippen LogP contribution >= 0.6 is 0 Å². The smallest absolute Gasteiger partial charge is 0.255 e. The molecular formula is C18H24N4O2. The summed E-state index contributed by atoms with van der Waals surface area (Å²) in [6.45, 7) is 6.66. The number of likely N-dealkylation sites (N-methyl/N-ethyl adjacent to an activating group) is 1. The maximum atomic E-state index is 12.7. The second kappa shape index (κ2) is 7.29. The molecule has 0 radical (unpaired) electrons. The maximum absolute atomic E-state index is 12.7. The number of nitrogens with one attached hydrogen (secondary N) is 1. The minimum Gasteiger partial charge on any atom is -0.340 e. The third-order valence-corrected chi connectivity index (χ3v) is 3.66. The van der Waals surface area contributed by atoms with Gasteiger partial charge in [0.25, 0.3) is 5.91 Å². The van der Waals surface area contributed by atoms with Crippen molar-refractivity contribution in [1.29, 1.82) is 0 Å². The first-order valence-electron chi connectivity index (χ1n) is 7.92. The number of benzene rings is 1. The molecule has 0 saturated carbocycles. The molecule has 0 fully saturated rings. The summed E-state index contributed by atoms with van der Waals surface area (Å²) in [5.41, 5.74) is 0.494. The Morgan fingerprint density at radius 2 is 1.92 bits per heavy atom. The molecule has 0 bridgehead atoms. The summed E-state index contributed by atoms with van der Waals surface area (Å²) in [5.74, 6) is -0.256. The van der Waals surface area contributed by atoms with E-state index in [1.54, 1.807) is 47.1 Å². The van der Waals surface area contributed by atoms with Gasteiger partial charge in [0.15, 0.2) is 0 Å². The number of hydrogen-bond donors (Lipinski definition) is 1. The summed E-state index contributed by atoms with van der Waals surface area (Å²) in [4.78, 5) is 26.5. The summed E-state index contributed by atoms with van der Waals surface area (Å²) in [6.07, 6.45) is 3.56. The van der Waals surface area contributed by atoms with E-state index in [1.165, 1.54) is 0 Å². The SMILES string of the molecule is CN(CCn1cccn1)C(=O)c1ccccc1NC(=O)C(C)(C)C. The molecule has 1 N–H and O–H groups in total. The molecular weight excluding hydrogens is 304 g/mol. The van der Waals surface area contributed by atoms with Crippen molar-refractivity contribution in [3.63, 3.8) is 0 Å². The molecule has 6 nitrogen and oxygen atoms in total. The lowest BCUT2D eigenvalue weighted by Gasteiger charge is -2.22. The Kier molecular flexibility index (Phi) is 5.39. The van der Waals surface area contributed by atoms with E-state index < -0.39 is 5.41 Å². The summed E-state index contributed by atoms with van der Waals surface area (Å²) in [7, 11) is 1.74. The highest BCUT2D eigenvalue weighted by molar-refractivity contribution is 6.04. The zero-order chi connectivity index (χ0) is 17.7. The molecule has 6 heteroatoms. The van der Waals surface area contributed by atoms with Gasteiger partial charge in [0.05, 0.1) is 17.8 Å². The number of anilines is 1. The van der Waals surface area contributed by atoms with Crippen molar-refractivity contribution < 1.29 is 9.59 Å². The first kappa shape index (κ1) is 17.7. The third kappa shape index (κ3) is 4.44. The highest BCUT2D eigenvalue weighted by atomic mass is 16.2. The summed E-state index contributed by atoms with van der Waals surface area (Å²) >= 11 is 0. The molecule has 1 aromatic carbocycles. The van der Waals surface area contributed by atoms with Gasteiger partial charge in [0.1, 0.15) is 0 Å². The van der Waals surface area contributed by atoms with Crippen molar-refractivity contribution in [2.45, 2.75) is 27.3 Å². The molecule has 1 heterocycles. The number of nitrogens with zero attached hydrogens (tertiary/aromatic N) is 3. The van der Waals surface area contributed by atoms with Gasteiger partial charge in [-0.05, 0) is 18.2 Å². The van der Waals surface area contributed by atoms with Crippen LogP contribution in [0, 0.1) is 5.41 Å². The quantitative estimate of drug-likeness (QED) is 0.917. The molecule has 2 aromatic rings. The minimum atomic E-state index is -0.526. The molecule has 0 unspecified atom stereocenters. The fourth-order valence-electron chi connectivity index (χ4n) is 2.08. The van der Waals surface area contributed by atoms with E-state index in [1.807, 2.05) is 33.0 Å². The van der Waals surface area contributed by atoms with Crippen LogP contribution in [0.15, 0.2) is 42.7 Å². The number of carbonyl (C=O) groups excluding carboxylic acids is 2. The molecule has 2 rings (SSSR count). The Hall–Kier alpha value is -2.63. The molecule has 128 valence electrons. The number of rotatable bonds is 5. The van der Waals surface area contributed by atoms with E-state index in [9.17, 15) is 9.59 Å². The molecule has 0 atom stereocenters. The number of para-hydroxylation sites is 1. The van der Waals surface area contributed by atoms with E-state index in [4.69, 9.17) is 0 Å². The lowest BCUT2D eigenvalue weighted by atomic mass is 9.95. The predicted octanol–water partition coefficient (Wildman–Crippen LogP) is 2.64. The molecule has 0 aliphatic heterocycles. The highest BCUT2D eigenvalue weighted by Crippen LogP contribution is 2.21. The van der Waals surface area contributed by atoms with Gasteiger partial charge >= 0.3 is 0 Å². The summed E-state index contributed by atoms with van der Waals surface area (Å²) in [5, 5.41) is 6.98. The van der Waals surface area contributed by atoms with Crippen LogP contribution in [-0.2, 0) is 11.3 Å². The average Bonchev–Trinajstić information content (AvgIpc) is 3.05. The van der Waals surface area contributed by atoms with Crippen molar-refractivity contribution in [3.8, 4) is 0 Å². The van der Waals surface area contributed by atoms with E-state index in [0.29, 0.717) is 24.3 Å². The van der Waals surface area contributed by atoms with Crippen molar-refractivity contribution in [3.05, 3.63) is 48.3 Å². The van der Waals surface area contributed by atoms with Crippen LogP contribution in [0.1, 0.15) is 31.1 Å².